The van der Waals surface area contributed by atoms with Crippen LogP contribution in [0.25, 0.3) is 121 Å². The van der Waals surface area contributed by atoms with Crippen LogP contribution >= 0.6 is 0 Å². The number of fused-ring (bicyclic) bond motifs is 14. The van der Waals surface area contributed by atoms with Gasteiger partial charge < -0.3 is 18.0 Å². The summed E-state index contributed by atoms with van der Waals surface area (Å²) in [6, 6.07) is 58.9. The van der Waals surface area contributed by atoms with Gasteiger partial charge in [0.05, 0.1) is 73.0 Å². The summed E-state index contributed by atoms with van der Waals surface area (Å²) < 4.78 is 62.5. The molecule has 0 saturated heterocycles. The van der Waals surface area contributed by atoms with Crippen LogP contribution in [0.15, 0.2) is 185 Å². The molecular formula is C57H29F3N4O2. The minimum absolute atomic E-state index is 0.0809. The fourth-order valence-corrected chi connectivity index (χ4v) is 10.2. The summed E-state index contributed by atoms with van der Waals surface area (Å²) in [4.78, 5) is 0. The number of para-hydroxylation sites is 4. The summed E-state index contributed by atoms with van der Waals surface area (Å²) in [5.41, 5.74) is 8.49. The number of furan rings is 2. The maximum absolute atomic E-state index is 15.0. The molecule has 0 aliphatic rings. The molecule has 13 rings (SSSR count). The predicted molar refractivity (Wildman–Crippen MR) is 255 cm³/mol. The number of alkyl halides is 3. The van der Waals surface area contributed by atoms with Crippen molar-refractivity contribution < 1.29 is 22.0 Å². The van der Waals surface area contributed by atoms with Crippen molar-refractivity contribution in [2.75, 3.05) is 0 Å². The SMILES string of the molecule is N#Cc1ccc(-n2c3ccccc3c3c4oc5ccccc5c4ccc32)c(-c2cc(-c3ccc(C#N)cc3C(F)(F)F)ccc2-n2c3ccccc3c3c4oc5ccccc5c4ccc32)c1. The maximum Gasteiger partial charge on any atom is 0.417 e. The van der Waals surface area contributed by atoms with Crippen molar-refractivity contribution in [3.63, 3.8) is 0 Å². The first-order chi connectivity index (χ1) is 32.3. The van der Waals surface area contributed by atoms with E-state index in [0.717, 1.165) is 93.6 Å². The minimum Gasteiger partial charge on any atom is -0.455 e. The molecule has 13 aromatic rings. The molecule has 0 atom stereocenters. The molecule has 6 nitrogen and oxygen atoms in total. The normalized spacial score (nSPS) is 12.1. The van der Waals surface area contributed by atoms with Gasteiger partial charge in [-0.2, -0.15) is 23.7 Å². The molecular weight excluding hydrogens is 830 g/mol. The minimum atomic E-state index is -4.76. The Hall–Kier alpha value is -9.05. The van der Waals surface area contributed by atoms with Crippen molar-refractivity contribution in [1.29, 1.82) is 10.5 Å². The van der Waals surface area contributed by atoms with E-state index >= 15 is 0 Å². The number of nitrogens with zero attached hydrogens (tertiary/aromatic N) is 4. The van der Waals surface area contributed by atoms with Gasteiger partial charge in [-0.15, -0.1) is 0 Å². The van der Waals surface area contributed by atoms with Crippen molar-refractivity contribution in [2.24, 2.45) is 0 Å². The Morgan fingerprint density at radius 1 is 0.409 bits per heavy atom. The average molecular weight is 859 g/mol. The van der Waals surface area contributed by atoms with E-state index in [1.165, 1.54) is 12.1 Å². The van der Waals surface area contributed by atoms with Crippen LogP contribution < -0.4 is 0 Å². The monoisotopic (exact) mass is 858 g/mol. The van der Waals surface area contributed by atoms with E-state index in [1.807, 2.05) is 109 Å². The molecule has 9 aromatic carbocycles. The molecule has 9 heteroatoms. The van der Waals surface area contributed by atoms with Gasteiger partial charge in [0.25, 0.3) is 0 Å². The highest BCUT2D eigenvalue weighted by Gasteiger charge is 2.35. The number of nitriles is 2. The Morgan fingerprint density at radius 2 is 0.879 bits per heavy atom. The summed E-state index contributed by atoms with van der Waals surface area (Å²) in [6.45, 7) is 0. The molecule has 0 radical (unpaired) electrons. The van der Waals surface area contributed by atoms with Crippen molar-refractivity contribution in [2.45, 2.75) is 6.18 Å². The fourth-order valence-electron chi connectivity index (χ4n) is 10.2. The Labute approximate surface area is 372 Å². The third-order valence-electron chi connectivity index (χ3n) is 13.0. The van der Waals surface area contributed by atoms with E-state index < -0.39 is 11.7 Å². The standard InChI is InChI=1S/C57H29F3N4O2/c58-57(59,60)44-28-33(31-62)17-20-35(44)34-19-24-48(64-46-14-6-2-12-41(46)54-50(64)26-22-39-37-10-4-8-16-52(37)66-56(39)54)43(29-34)42-27-32(30-61)18-23-47(42)63-45-13-5-1-11-40(45)53-49(63)25-21-38-36-9-3-7-15-51(36)65-55(38)53/h1-29H. The molecule has 66 heavy (non-hydrogen) atoms. The molecule has 4 aromatic heterocycles. The lowest BCUT2D eigenvalue weighted by atomic mass is 9.92. The second-order valence-corrected chi connectivity index (χ2v) is 16.5. The van der Waals surface area contributed by atoms with E-state index in [-0.39, 0.29) is 16.7 Å². The highest BCUT2D eigenvalue weighted by atomic mass is 19.4. The molecule has 4 heterocycles. The topological polar surface area (TPSA) is 83.7 Å². The summed E-state index contributed by atoms with van der Waals surface area (Å²) in [7, 11) is 0. The van der Waals surface area contributed by atoms with E-state index in [2.05, 4.69) is 51.6 Å². The zero-order valence-electron chi connectivity index (χ0n) is 34.5. The number of hydrogen-bond acceptors (Lipinski definition) is 4. The quantitative estimate of drug-likeness (QED) is 0.176. The fraction of sp³-hybridized carbons (Fsp3) is 0.0175. The first-order valence-electron chi connectivity index (χ1n) is 21.3. The maximum atomic E-state index is 15.0. The molecule has 0 saturated carbocycles. The zero-order chi connectivity index (χ0) is 44.4. The van der Waals surface area contributed by atoms with Gasteiger partial charge in [0.2, 0.25) is 0 Å². The second kappa shape index (κ2) is 13.7. The first kappa shape index (κ1) is 37.5. The lowest BCUT2D eigenvalue weighted by Gasteiger charge is -2.21. The number of hydrogen-bond donors (Lipinski definition) is 0. The van der Waals surface area contributed by atoms with Gasteiger partial charge in [0.15, 0.2) is 0 Å². The third kappa shape index (κ3) is 5.29. The molecule has 310 valence electrons. The second-order valence-electron chi connectivity index (χ2n) is 16.5. The smallest absolute Gasteiger partial charge is 0.417 e. The average Bonchev–Trinajstić information content (AvgIpc) is 4.11. The van der Waals surface area contributed by atoms with Gasteiger partial charge in [-0.3, -0.25) is 0 Å². The van der Waals surface area contributed by atoms with Crippen LogP contribution in [0.5, 0.6) is 0 Å². The summed E-state index contributed by atoms with van der Waals surface area (Å²) in [5, 5.41) is 27.8. The van der Waals surface area contributed by atoms with Crippen molar-refractivity contribution in [1.82, 2.24) is 9.13 Å². The predicted octanol–water partition coefficient (Wildman–Crippen LogP) is 15.8. The first-order valence-corrected chi connectivity index (χ1v) is 21.3. The highest BCUT2D eigenvalue weighted by Crippen LogP contribution is 2.47. The molecule has 0 aliphatic heterocycles. The molecule has 0 aliphatic carbocycles. The molecule has 0 amide bonds. The van der Waals surface area contributed by atoms with E-state index in [0.29, 0.717) is 28.1 Å². The lowest BCUT2D eigenvalue weighted by molar-refractivity contribution is -0.137. The summed E-state index contributed by atoms with van der Waals surface area (Å²) in [5.74, 6) is 0. The van der Waals surface area contributed by atoms with Crippen LogP contribution in [-0.4, -0.2) is 9.13 Å². The Bertz CT molecular complexity index is 4320. The van der Waals surface area contributed by atoms with Gasteiger partial charge in [-0.1, -0.05) is 84.9 Å². The van der Waals surface area contributed by atoms with Crippen molar-refractivity contribution >= 4 is 87.5 Å². The van der Waals surface area contributed by atoms with Crippen LogP contribution in [0.2, 0.25) is 0 Å². The third-order valence-corrected chi connectivity index (χ3v) is 13.0. The van der Waals surface area contributed by atoms with Gasteiger partial charge >= 0.3 is 6.18 Å². The van der Waals surface area contributed by atoms with Crippen LogP contribution in [0.3, 0.4) is 0 Å². The number of rotatable bonds is 4. The van der Waals surface area contributed by atoms with E-state index in [9.17, 15) is 23.7 Å². The Balaban J connectivity index is 1.17. The van der Waals surface area contributed by atoms with Crippen molar-refractivity contribution in [3.05, 3.63) is 193 Å². The van der Waals surface area contributed by atoms with Crippen LogP contribution in [0, 0.1) is 22.7 Å². The van der Waals surface area contributed by atoms with E-state index in [1.54, 1.807) is 18.2 Å². The number of aromatic nitrogens is 2. The largest absolute Gasteiger partial charge is 0.455 e. The van der Waals surface area contributed by atoms with E-state index in [4.69, 9.17) is 8.83 Å². The Morgan fingerprint density at radius 3 is 1.42 bits per heavy atom. The van der Waals surface area contributed by atoms with Gasteiger partial charge in [-0.25, -0.2) is 0 Å². The Kier molecular flexibility index (Phi) is 7.80. The lowest BCUT2D eigenvalue weighted by Crippen LogP contribution is -2.08. The van der Waals surface area contributed by atoms with Gasteiger partial charge in [0.1, 0.15) is 22.3 Å². The van der Waals surface area contributed by atoms with Gasteiger partial charge in [0, 0.05) is 43.4 Å². The molecule has 0 spiro atoms. The van der Waals surface area contributed by atoms with Crippen LogP contribution in [0.4, 0.5) is 13.2 Å². The highest BCUT2D eigenvalue weighted by molar-refractivity contribution is 6.25. The molecule has 0 bridgehead atoms. The number of benzene rings is 9. The molecule has 0 N–H and O–H groups in total. The van der Waals surface area contributed by atoms with Crippen LogP contribution in [-0.2, 0) is 6.18 Å². The molecule has 0 fully saturated rings. The van der Waals surface area contributed by atoms with Crippen LogP contribution in [0.1, 0.15) is 16.7 Å². The molecule has 0 unspecified atom stereocenters. The number of halogens is 3. The zero-order valence-corrected chi connectivity index (χ0v) is 34.5. The summed E-state index contributed by atoms with van der Waals surface area (Å²) in [6.07, 6.45) is -4.76. The summed E-state index contributed by atoms with van der Waals surface area (Å²) >= 11 is 0. The van der Waals surface area contributed by atoms with Crippen molar-refractivity contribution in [3.8, 4) is 45.8 Å². The van der Waals surface area contributed by atoms with Gasteiger partial charge in [-0.05, 0) is 102 Å².